The minimum Gasteiger partial charge on any atom is -0.325 e. The van der Waals surface area contributed by atoms with Crippen molar-refractivity contribution in [2.45, 2.75) is 45.7 Å². The fourth-order valence-corrected chi connectivity index (χ4v) is 4.53. The molecule has 31 heavy (non-hydrogen) atoms. The minimum atomic E-state index is -0.0285. The average Bonchev–Trinajstić information content (AvgIpc) is 3.19. The Morgan fingerprint density at radius 1 is 1.29 bits per heavy atom. The lowest BCUT2D eigenvalue weighted by atomic mass is 9.99. The predicted molar refractivity (Wildman–Crippen MR) is 122 cm³/mol. The molecule has 1 aliphatic heterocycles. The molecule has 0 aromatic carbocycles. The number of fused-ring (bicyclic) bond motifs is 1. The van der Waals surface area contributed by atoms with E-state index >= 15 is 0 Å². The SMILES string of the molecule is CCN(CC)C(=O)N1CCCCC1c1cc([NH2+]Cc2cccnc2)n2ncc(Br)c2n1. The number of hydrogen-bond donors (Lipinski definition) is 1. The molecular formula is C22H29BrN7O+. The van der Waals surface area contributed by atoms with Crippen molar-refractivity contribution in [1.29, 1.82) is 0 Å². The van der Waals surface area contributed by atoms with Gasteiger partial charge in [-0.1, -0.05) is 6.07 Å². The van der Waals surface area contributed by atoms with Crippen LogP contribution < -0.4 is 5.32 Å². The van der Waals surface area contributed by atoms with Crippen molar-refractivity contribution in [2.75, 3.05) is 19.6 Å². The second-order valence-electron chi connectivity index (χ2n) is 7.76. The first-order valence-electron chi connectivity index (χ1n) is 10.9. The van der Waals surface area contributed by atoms with Crippen molar-refractivity contribution in [3.8, 4) is 0 Å². The van der Waals surface area contributed by atoms with Gasteiger partial charge in [-0.15, -0.1) is 0 Å². The molecule has 2 amide bonds. The molecule has 4 heterocycles. The van der Waals surface area contributed by atoms with Crippen LogP contribution in [0.15, 0.2) is 41.3 Å². The summed E-state index contributed by atoms with van der Waals surface area (Å²) in [6.07, 6.45) is 8.47. The lowest BCUT2D eigenvalue weighted by Gasteiger charge is -2.38. The van der Waals surface area contributed by atoms with Gasteiger partial charge in [-0.05, 0) is 55.1 Å². The van der Waals surface area contributed by atoms with Gasteiger partial charge < -0.3 is 9.80 Å². The maximum absolute atomic E-state index is 13.2. The van der Waals surface area contributed by atoms with Crippen LogP contribution >= 0.6 is 15.9 Å². The van der Waals surface area contributed by atoms with E-state index in [1.54, 1.807) is 12.4 Å². The number of amides is 2. The van der Waals surface area contributed by atoms with Crippen LogP contribution in [0.4, 0.5) is 10.6 Å². The van der Waals surface area contributed by atoms with Gasteiger partial charge in [0.05, 0.1) is 22.4 Å². The van der Waals surface area contributed by atoms with Crippen LogP contribution in [-0.4, -0.2) is 55.0 Å². The molecule has 4 rings (SSSR count). The fourth-order valence-electron chi connectivity index (χ4n) is 4.18. The number of pyridine rings is 1. The molecule has 8 nitrogen and oxygen atoms in total. The summed E-state index contributed by atoms with van der Waals surface area (Å²) < 4.78 is 2.70. The van der Waals surface area contributed by atoms with E-state index in [-0.39, 0.29) is 12.1 Å². The summed E-state index contributed by atoms with van der Waals surface area (Å²) in [5.74, 6) is 0.968. The van der Waals surface area contributed by atoms with Gasteiger partial charge in [-0.3, -0.25) is 10.3 Å². The Hall–Kier alpha value is -2.52. The lowest BCUT2D eigenvalue weighted by molar-refractivity contribution is -0.593. The molecule has 1 atom stereocenters. The third kappa shape index (κ3) is 4.57. The second-order valence-corrected chi connectivity index (χ2v) is 8.62. The summed E-state index contributed by atoms with van der Waals surface area (Å²) in [5.41, 5.74) is 2.83. The van der Waals surface area contributed by atoms with Crippen LogP contribution in [0.2, 0.25) is 0 Å². The van der Waals surface area contributed by atoms with Crippen LogP contribution in [0, 0.1) is 0 Å². The summed E-state index contributed by atoms with van der Waals surface area (Å²) >= 11 is 3.59. The van der Waals surface area contributed by atoms with Crippen LogP contribution in [0.5, 0.6) is 0 Å². The van der Waals surface area contributed by atoms with E-state index in [9.17, 15) is 4.79 Å². The molecule has 1 fully saturated rings. The van der Waals surface area contributed by atoms with Gasteiger partial charge in [0.15, 0.2) is 5.65 Å². The van der Waals surface area contributed by atoms with Crippen molar-refractivity contribution in [3.05, 3.63) is 52.5 Å². The van der Waals surface area contributed by atoms with Gasteiger partial charge in [-0.25, -0.2) is 9.78 Å². The van der Waals surface area contributed by atoms with Crippen molar-refractivity contribution in [3.63, 3.8) is 0 Å². The Balaban J connectivity index is 1.68. The number of likely N-dealkylation sites (tertiary alicyclic amines) is 1. The van der Waals surface area contributed by atoms with E-state index in [1.165, 1.54) is 0 Å². The molecule has 3 aromatic heterocycles. The van der Waals surface area contributed by atoms with Gasteiger partial charge in [0, 0.05) is 43.7 Å². The fraction of sp³-hybridized carbons (Fsp3) is 0.455. The summed E-state index contributed by atoms with van der Waals surface area (Å²) in [4.78, 5) is 26.2. The van der Waals surface area contributed by atoms with Gasteiger partial charge in [-0.2, -0.15) is 9.61 Å². The highest BCUT2D eigenvalue weighted by atomic mass is 79.9. The molecule has 1 unspecified atom stereocenters. The highest BCUT2D eigenvalue weighted by molar-refractivity contribution is 9.10. The molecule has 9 heteroatoms. The number of urea groups is 1. The summed E-state index contributed by atoms with van der Waals surface area (Å²) in [5, 5.41) is 6.64. The largest absolute Gasteiger partial charge is 0.325 e. The zero-order chi connectivity index (χ0) is 21.8. The van der Waals surface area contributed by atoms with E-state index in [0.29, 0.717) is 13.1 Å². The number of piperidine rings is 1. The first kappa shape index (κ1) is 21.7. The van der Waals surface area contributed by atoms with Crippen LogP contribution in [-0.2, 0) is 6.54 Å². The average molecular weight is 487 g/mol. The maximum atomic E-state index is 13.2. The normalized spacial score (nSPS) is 16.6. The summed E-state index contributed by atoms with van der Waals surface area (Å²) in [6, 6.07) is 6.17. The van der Waals surface area contributed by atoms with Gasteiger partial charge in [0.1, 0.15) is 6.54 Å². The maximum Gasteiger partial charge on any atom is 0.320 e. The molecule has 1 saturated heterocycles. The monoisotopic (exact) mass is 486 g/mol. The Kier molecular flexibility index (Phi) is 6.82. The van der Waals surface area contributed by atoms with E-state index in [2.05, 4.69) is 43.5 Å². The standard InChI is InChI=1S/C22H28BrN7O/c1-3-28(4-2)22(31)29-11-6-5-9-19(29)18-12-20(25-14-16-8-7-10-24-13-16)30-21(27-18)17(23)15-26-30/h7-8,10,12-13,15,19,25H,3-6,9,11,14H2,1-2H3/p+1. The predicted octanol–water partition coefficient (Wildman–Crippen LogP) is 3.27. The van der Waals surface area contributed by atoms with E-state index in [4.69, 9.17) is 4.98 Å². The second kappa shape index (κ2) is 9.74. The third-order valence-corrected chi connectivity index (χ3v) is 6.43. The van der Waals surface area contributed by atoms with Crippen molar-refractivity contribution >= 4 is 33.4 Å². The number of nitrogens with two attached hydrogens (primary N) is 1. The smallest absolute Gasteiger partial charge is 0.320 e. The van der Waals surface area contributed by atoms with Crippen molar-refractivity contribution in [2.24, 2.45) is 0 Å². The number of rotatable bonds is 6. The molecule has 2 N–H and O–H groups in total. The number of nitrogens with zero attached hydrogens (tertiary/aromatic N) is 6. The van der Waals surface area contributed by atoms with Gasteiger partial charge in [0.25, 0.3) is 0 Å². The van der Waals surface area contributed by atoms with Crippen LogP contribution in [0.25, 0.3) is 5.65 Å². The topological polar surface area (TPSA) is 83.2 Å². The molecule has 0 radical (unpaired) electrons. The molecule has 164 valence electrons. The number of halogens is 1. The van der Waals surface area contributed by atoms with Crippen LogP contribution in [0.3, 0.4) is 0 Å². The molecule has 1 aliphatic rings. The number of aromatic nitrogens is 4. The summed E-state index contributed by atoms with van der Waals surface area (Å²) in [6.45, 7) is 6.99. The van der Waals surface area contributed by atoms with Gasteiger partial charge >= 0.3 is 6.03 Å². The lowest BCUT2D eigenvalue weighted by Crippen LogP contribution is -2.77. The number of carbonyl (C=O) groups is 1. The number of hydrogen-bond acceptors (Lipinski definition) is 4. The first-order valence-corrected chi connectivity index (χ1v) is 11.7. The Bertz CT molecular complexity index is 1040. The molecule has 0 saturated carbocycles. The number of carbonyl (C=O) groups excluding carboxylic acids is 1. The van der Waals surface area contributed by atoms with Crippen molar-refractivity contribution < 1.29 is 10.1 Å². The Morgan fingerprint density at radius 3 is 2.87 bits per heavy atom. The third-order valence-electron chi connectivity index (χ3n) is 5.87. The zero-order valence-electron chi connectivity index (χ0n) is 18.0. The highest BCUT2D eigenvalue weighted by Gasteiger charge is 2.32. The molecule has 0 bridgehead atoms. The summed E-state index contributed by atoms with van der Waals surface area (Å²) in [7, 11) is 0. The highest BCUT2D eigenvalue weighted by Crippen LogP contribution is 2.32. The van der Waals surface area contributed by atoms with E-state index < -0.39 is 0 Å². The molecular weight excluding hydrogens is 458 g/mol. The quantitative estimate of drug-likeness (QED) is 0.579. The van der Waals surface area contributed by atoms with E-state index in [1.807, 2.05) is 40.4 Å². The number of quaternary nitrogens is 1. The van der Waals surface area contributed by atoms with Crippen LogP contribution in [0.1, 0.15) is 50.4 Å². The molecule has 3 aromatic rings. The zero-order valence-corrected chi connectivity index (χ0v) is 19.6. The Labute approximate surface area is 190 Å². The molecule has 0 spiro atoms. The van der Waals surface area contributed by atoms with Crippen molar-refractivity contribution in [1.82, 2.24) is 29.4 Å². The minimum absolute atomic E-state index is 0.0285. The first-order chi connectivity index (χ1) is 15.1. The Morgan fingerprint density at radius 2 is 2.13 bits per heavy atom. The van der Waals surface area contributed by atoms with E-state index in [0.717, 1.165) is 59.5 Å². The molecule has 0 aliphatic carbocycles. The van der Waals surface area contributed by atoms with Gasteiger partial charge in [0.2, 0.25) is 5.82 Å².